The predicted octanol–water partition coefficient (Wildman–Crippen LogP) is 7.74. The summed E-state index contributed by atoms with van der Waals surface area (Å²) in [7, 11) is 0. The highest BCUT2D eigenvalue weighted by molar-refractivity contribution is 5.88. The lowest BCUT2D eigenvalue weighted by molar-refractivity contribution is 0.152. The van der Waals surface area contributed by atoms with Crippen molar-refractivity contribution in [3.63, 3.8) is 0 Å². The molecule has 214 valence electrons. The van der Waals surface area contributed by atoms with Gasteiger partial charge in [-0.3, -0.25) is 4.79 Å². The van der Waals surface area contributed by atoms with Crippen LogP contribution in [-0.4, -0.2) is 16.3 Å². The van der Waals surface area contributed by atoms with E-state index in [1.54, 1.807) is 18.2 Å². The van der Waals surface area contributed by atoms with Gasteiger partial charge in [0.25, 0.3) is 0 Å². The van der Waals surface area contributed by atoms with Crippen LogP contribution in [0.3, 0.4) is 0 Å². The van der Waals surface area contributed by atoms with Crippen LogP contribution in [0.25, 0.3) is 22.3 Å². The van der Waals surface area contributed by atoms with Crippen molar-refractivity contribution in [2.24, 2.45) is 0 Å². The minimum Gasteiger partial charge on any atom is -0.508 e. The Balaban J connectivity index is 1.43. The van der Waals surface area contributed by atoms with Gasteiger partial charge < -0.3 is 28.8 Å². The van der Waals surface area contributed by atoms with Crippen molar-refractivity contribution in [1.29, 1.82) is 0 Å². The van der Waals surface area contributed by atoms with E-state index >= 15 is 0 Å². The van der Waals surface area contributed by atoms with Gasteiger partial charge >= 0.3 is 0 Å². The first-order valence-electron chi connectivity index (χ1n) is 14.2. The Kier molecular flexibility index (Phi) is 7.99. The van der Waals surface area contributed by atoms with Gasteiger partial charge in [0, 0.05) is 17.7 Å². The van der Waals surface area contributed by atoms with Crippen molar-refractivity contribution < 1.29 is 28.8 Å². The molecule has 5 aromatic rings. The van der Waals surface area contributed by atoms with Crippen molar-refractivity contribution in [3.8, 4) is 40.1 Å². The van der Waals surface area contributed by atoms with E-state index in [0.29, 0.717) is 30.3 Å². The second-order valence-corrected chi connectivity index (χ2v) is 10.5. The van der Waals surface area contributed by atoms with Crippen LogP contribution in [0.15, 0.2) is 100 Å². The van der Waals surface area contributed by atoms with Crippen LogP contribution in [0.5, 0.6) is 28.7 Å². The van der Waals surface area contributed by atoms with Crippen molar-refractivity contribution in [2.75, 3.05) is 0 Å². The number of benzene rings is 4. The Morgan fingerprint density at radius 1 is 0.738 bits per heavy atom. The monoisotopic (exact) mass is 564 g/mol. The normalized spacial score (nSPS) is 13.6. The lowest BCUT2D eigenvalue weighted by atomic mass is 9.97. The fourth-order valence-corrected chi connectivity index (χ4v) is 5.27. The third kappa shape index (κ3) is 6.05. The predicted molar refractivity (Wildman–Crippen MR) is 160 cm³/mol. The number of fused-ring (bicyclic) bond motifs is 1. The molecule has 0 saturated heterocycles. The molecule has 1 heterocycles. The van der Waals surface area contributed by atoms with Crippen LogP contribution in [0, 0.1) is 0 Å². The van der Waals surface area contributed by atoms with E-state index in [1.807, 2.05) is 60.7 Å². The van der Waals surface area contributed by atoms with Crippen LogP contribution in [0.4, 0.5) is 0 Å². The Morgan fingerprint density at radius 3 is 2.05 bits per heavy atom. The molecule has 0 radical (unpaired) electrons. The summed E-state index contributed by atoms with van der Waals surface area (Å²) in [5.74, 6) is 0.649. The van der Waals surface area contributed by atoms with Crippen LogP contribution in [0.2, 0.25) is 0 Å². The molecule has 0 bridgehead atoms. The zero-order chi connectivity index (χ0) is 28.9. The summed E-state index contributed by atoms with van der Waals surface area (Å²) in [5.41, 5.74) is 2.10. The lowest BCUT2D eigenvalue weighted by Gasteiger charge is -2.24. The third-order valence-electron chi connectivity index (χ3n) is 7.43. The minimum absolute atomic E-state index is 0.0300. The number of aromatic hydroxyl groups is 2. The lowest BCUT2D eigenvalue weighted by Crippen LogP contribution is -2.23. The smallest absolute Gasteiger partial charge is 0.239 e. The molecule has 1 aromatic heterocycles. The summed E-state index contributed by atoms with van der Waals surface area (Å²) >= 11 is 0. The van der Waals surface area contributed by atoms with E-state index in [-0.39, 0.29) is 40.1 Å². The summed E-state index contributed by atoms with van der Waals surface area (Å²) in [6.07, 6.45) is 4.68. The highest BCUT2D eigenvalue weighted by Gasteiger charge is 2.25. The molecule has 7 heteroatoms. The molecule has 6 rings (SSSR count). The minimum atomic E-state index is -0.495. The van der Waals surface area contributed by atoms with Gasteiger partial charge in [0.15, 0.2) is 17.3 Å². The second kappa shape index (κ2) is 12.3. The average Bonchev–Trinajstić information content (AvgIpc) is 3.01. The summed E-state index contributed by atoms with van der Waals surface area (Å²) in [6.45, 7) is 0.655. The van der Waals surface area contributed by atoms with Crippen LogP contribution in [0.1, 0.15) is 43.2 Å². The Labute approximate surface area is 243 Å². The van der Waals surface area contributed by atoms with E-state index in [4.69, 9.17) is 18.6 Å². The van der Waals surface area contributed by atoms with Crippen molar-refractivity contribution in [2.45, 2.75) is 51.4 Å². The number of hydrogen-bond donors (Lipinski definition) is 2. The molecule has 0 atom stereocenters. The van der Waals surface area contributed by atoms with Gasteiger partial charge in [0.05, 0.1) is 6.10 Å². The van der Waals surface area contributed by atoms with Crippen LogP contribution < -0.4 is 19.6 Å². The van der Waals surface area contributed by atoms with E-state index in [2.05, 4.69) is 0 Å². The highest BCUT2D eigenvalue weighted by Crippen LogP contribution is 2.40. The van der Waals surface area contributed by atoms with Crippen LogP contribution in [-0.2, 0) is 13.2 Å². The van der Waals surface area contributed by atoms with Crippen molar-refractivity contribution >= 4 is 11.0 Å². The first kappa shape index (κ1) is 27.3. The van der Waals surface area contributed by atoms with Gasteiger partial charge in [-0.15, -0.1) is 0 Å². The zero-order valence-electron chi connectivity index (χ0n) is 23.1. The van der Waals surface area contributed by atoms with Gasteiger partial charge in [-0.05, 0) is 55.0 Å². The molecule has 1 fully saturated rings. The van der Waals surface area contributed by atoms with Gasteiger partial charge in [-0.25, -0.2) is 0 Å². The molecule has 42 heavy (non-hydrogen) atoms. The quantitative estimate of drug-likeness (QED) is 0.189. The molecule has 1 aliphatic rings. The number of phenols is 2. The standard InChI is InChI=1S/C35H32O7/c36-26-19-28(37)32-31(20-26)42-34(35(33(32)38)41-27-14-8-3-9-15-27)25-16-17-29(39-21-23-10-4-1-5-11-23)30(18-25)40-22-24-12-6-2-7-13-24/h1-2,4-7,10-13,16-20,27,36-37H,3,8-9,14-15,21-22H2. The molecular weight excluding hydrogens is 532 g/mol. The topological polar surface area (TPSA) is 98.4 Å². The maximum absolute atomic E-state index is 13.8. The zero-order valence-corrected chi connectivity index (χ0v) is 23.1. The molecule has 0 amide bonds. The maximum atomic E-state index is 13.8. The molecule has 1 aliphatic carbocycles. The number of phenolic OH excluding ortho intramolecular Hbond substituents is 2. The van der Waals surface area contributed by atoms with Gasteiger partial charge in [0.1, 0.15) is 35.7 Å². The summed E-state index contributed by atoms with van der Waals surface area (Å²) < 4.78 is 24.9. The first-order chi connectivity index (χ1) is 20.5. The summed E-state index contributed by atoms with van der Waals surface area (Å²) in [5, 5.41) is 20.6. The summed E-state index contributed by atoms with van der Waals surface area (Å²) in [6, 6.07) is 27.4. The highest BCUT2D eigenvalue weighted by atomic mass is 16.5. The van der Waals surface area contributed by atoms with E-state index in [9.17, 15) is 15.0 Å². The van der Waals surface area contributed by atoms with Gasteiger partial charge in [-0.2, -0.15) is 0 Å². The maximum Gasteiger partial charge on any atom is 0.239 e. The molecule has 0 unspecified atom stereocenters. The number of rotatable bonds is 9. The first-order valence-corrected chi connectivity index (χ1v) is 14.2. The van der Waals surface area contributed by atoms with Gasteiger partial charge in [0.2, 0.25) is 11.2 Å². The second-order valence-electron chi connectivity index (χ2n) is 10.5. The molecular formula is C35H32O7. The number of hydrogen-bond acceptors (Lipinski definition) is 7. The van der Waals surface area contributed by atoms with Crippen molar-refractivity contribution in [1.82, 2.24) is 0 Å². The fraction of sp³-hybridized carbons (Fsp3) is 0.229. The van der Waals surface area contributed by atoms with Crippen molar-refractivity contribution in [3.05, 3.63) is 112 Å². The summed E-state index contributed by atoms with van der Waals surface area (Å²) in [4.78, 5) is 13.8. The fourth-order valence-electron chi connectivity index (χ4n) is 5.27. The molecule has 4 aromatic carbocycles. The van der Waals surface area contributed by atoms with Gasteiger partial charge in [-0.1, -0.05) is 67.1 Å². The SMILES string of the molecule is O=c1c(OC2CCCCC2)c(-c2ccc(OCc3ccccc3)c(OCc3ccccc3)c2)oc2cc(O)cc(O)c12. The molecule has 7 nitrogen and oxygen atoms in total. The Morgan fingerprint density at radius 2 is 1.38 bits per heavy atom. The van der Waals surface area contributed by atoms with E-state index in [0.717, 1.165) is 49.3 Å². The molecule has 2 N–H and O–H groups in total. The Bertz CT molecular complexity index is 1720. The Hall–Kier alpha value is -4.91. The van der Waals surface area contributed by atoms with E-state index in [1.165, 1.54) is 6.07 Å². The molecule has 0 aliphatic heterocycles. The molecule has 1 saturated carbocycles. The number of ether oxygens (including phenoxy) is 3. The molecule has 0 spiro atoms. The van der Waals surface area contributed by atoms with Crippen LogP contribution >= 0.6 is 0 Å². The average molecular weight is 565 g/mol. The third-order valence-corrected chi connectivity index (χ3v) is 7.43. The largest absolute Gasteiger partial charge is 0.508 e. The van der Waals surface area contributed by atoms with E-state index < -0.39 is 5.43 Å².